The number of halogens is 1. The van der Waals surface area contributed by atoms with Crippen LogP contribution < -0.4 is 4.90 Å². The summed E-state index contributed by atoms with van der Waals surface area (Å²) in [6, 6.07) is 17.6. The fourth-order valence-corrected chi connectivity index (χ4v) is 5.16. The average molecular weight is 440 g/mol. The third-order valence-corrected chi connectivity index (χ3v) is 6.61. The molecule has 0 unspecified atom stereocenters. The highest BCUT2D eigenvalue weighted by atomic mass is 35.5. The Labute approximate surface area is 182 Å². The molecule has 0 saturated carbocycles. The van der Waals surface area contributed by atoms with Crippen LogP contribution >= 0.6 is 34.7 Å². The number of hydrogen-bond acceptors (Lipinski definition) is 5. The number of thioether (sulfide) groups is 1. The quantitative estimate of drug-likeness (QED) is 0.347. The van der Waals surface area contributed by atoms with Crippen LogP contribution in [0.15, 0.2) is 71.9 Å². The molecule has 29 heavy (non-hydrogen) atoms. The van der Waals surface area contributed by atoms with Crippen LogP contribution in [-0.4, -0.2) is 21.6 Å². The molecule has 0 aliphatic carbocycles. The molecular formula is C22H18ClN3OS2. The molecule has 0 saturated heterocycles. The van der Waals surface area contributed by atoms with Gasteiger partial charge in [0.1, 0.15) is 0 Å². The maximum absolute atomic E-state index is 13.2. The number of anilines is 1. The number of fused-ring (bicyclic) bond motifs is 1. The van der Waals surface area contributed by atoms with Gasteiger partial charge in [-0.1, -0.05) is 41.1 Å². The summed E-state index contributed by atoms with van der Waals surface area (Å²) in [5, 5.41) is 1.36. The van der Waals surface area contributed by atoms with E-state index in [1.807, 2.05) is 61.5 Å². The van der Waals surface area contributed by atoms with Gasteiger partial charge in [0.25, 0.3) is 0 Å². The van der Waals surface area contributed by atoms with E-state index in [-0.39, 0.29) is 5.91 Å². The molecule has 146 valence electrons. The second-order valence-electron chi connectivity index (χ2n) is 6.50. The number of aromatic nitrogens is 2. The summed E-state index contributed by atoms with van der Waals surface area (Å²) in [7, 11) is 0. The molecule has 2 aromatic heterocycles. The summed E-state index contributed by atoms with van der Waals surface area (Å²) in [6.45, 7) is 2.43. The minimum atomic E-state index is 0.0125. The van der Waals surface area contributed by atoms with Crippen LogP contribution in [0.1, 0.15) is 11.1 Å². The second kappa shape index (κ2) is 8.95. The SMILES string of the molecule is Cc1cc(Cl)cc2sc(N(Cc3ccncc3)C(=O)CSc3ccccc3)nc12. The van der Waals surface area contributed by atoms with Crippen LogP contribution in [0.3, 0.4) is 0 Å². The number of amides is 1. The van der Waals surface area contributed by atoms with Crippen molar-refractivity contribution < 1.29 is 4.79 Å². The van der Waals surface area contributed by atoms with E-state index >= 15 is 0 Å². The topological polar surface area (TPSA) is 46.1 Å². The Balaban J connectivity index is 1.64. The van der Waals surface area contributed by atoms with Crippen molar-refractivity contribution in [3.63, 3.8) is 0 Å². The summed E-state index contributed by atoms with van der Waals surface area (Å²) in [4.78, 5) is 24.8. The van der Waals surface area contributed by atoms with Gasteiger partial charge in [0, 0.05) is 22.3 Å². The van der Waals surface area contributed by atoms with Crippen LogP contribution in [0.2, 0.25) is 5.02 Å². The standard InChI is InChI=1S/C22H18ClN3OS2/c1-15-11-17(23)12-19-21(15)25-22(29-19)26(13-16-7-9-24-10-8-16)20(27)14-28-18-5-3-2-4-6-18/h2-12H,13-14H2,1H3. The third-order valence-electron chi connectivity index (χ3n) is 4.37. The molecule has 0 radical (unpaired) electrons. The van der Waals surface area contributed by atoms with Gasteiger partial charge in [-0.2, -0.15) is 0 Å². The fourth-order valence-electron chi connectivity index (χ4n) is 2.93. The predicted molar refractivity (Wildman–Crippen MR) is 122 cm³/mol. The summed E-state index contributed by atoms with van der Waals surface area (Å²) >= 11 is 9.23. The number of rotatable bonds is 6. The largest absolute Gasteiger partial charge is 0.283 e. The lowest BCUT2D eigenvalue weighted by Gasteiger charge is -2.20. The van der Waals surface area contributed by atoms with Crippen molar-refractivity contribution in [2.45, 2.75) is 18.4 Å². The van der Waals surface area contributed by atoms with Gasteiger partial charge in [-0.05, 0) is 54.4 Å². The second-order valence-corrected chi connectivity index (χ2v) is 9.00. The molecule has 2 heterocycles. The zero-order chi connectivity index (χ0) is 20.2. The van der Waals surface area contributed by atoms with Crippen LogP contribution in [0.25, 0.3) is 10.2 Å². The molecule has 0 spiro atoms. The Kier molecular flexibility index (Phi) is 6.13. The van der Waals surface area contributed by atoms with E-state index < -0.39 is 0 Å². The normalized spacial score (nSPS) is 11.0. The minimum absolute atomic E-state index is 0.0125. The van der Waals surface area contributed by atoms with Gasteiger partial charge in [-0.3, -0.25) is 14.7 Å². The predicted octanol–water partition coefficient (Wildman–Crippen LogP) is 5.98. The molecule has 0 atom stereocenters. The number of hydrogen-bond donors (Lipinski definition) is 0. The van der Waals surface area contributed by atoms with Crippen LogP contribution in [0.5, 0.6) is 0 Å². The van der Waals surface area contributed by atoms with Gasteiger partial charge in [0.15, 0.2) is 5.13 Å². The van der Waals surface area contributed by atoms with Crippen molar-refractivity contribution in [2.24, 2.45) is 0 Å². The van der Waals surface area contributed by atoms with Crippen molar-refractivity contribution in [3.8, 4) is 0 Å². The van der Waals surface area contributed by atoms with Crippen LogP contribution in [0, 0.1) is 6.92 Å². The van der Waals surface area contributed by atoms with E-state index in [0.717, 1.165) is 26.2 Å². The Bertz CT molecular complexity index is 1130. The van der Waals surface area contributed by atoms with Crippen LogP contribution in [-0.2, 0) is 11.3 Å². The number of nitrogens with zero attached hydrogens (tertiary/aromatic N) is 3. The maximum Gasteiger partial charge on any atom is 0.239 e. The first-order chi connectivity index (χ1) is 14.1. The van der Waals surface area contributed by atoms with Crippen molar-refractivity contribution in [1.29, 1.82) is 0 Å². The van der Waals surface area contributed by atoms with Gasteiger partial charge in [-0.15, -0.1) is 11.8 Å². The number of thiazole rings is 1. The van der Waals surface area contributed by atoms with Crippen LogP contribution in [0.4, 0.5) is 5.13 Å². The summed E-state index contributed by atoms with van der Waals surface area (Å²) in [5.41, 5.74) is 2.90. The average Bonchev–Trinajstić information content (AvgIpc) is 3.16. The lowest BCUT2D eigenvalue weighted by molar-refractivity contribution is -0.116. The number of aryl methyl sites for hydroxylation is 1. The molecule has 4 rings (SSSR count). The minimum Gasteiger partial charge on any atom is -0.283 e. The summed E-state index contributed by atoms with van der Waals surface area (Å²) in [6.07, 6.45) is 3.47. The van der Waals surface area contributed by atoms with Crippen molar-refractivity contribution in [1.82, 2.24) is 9.97 Å². The first kappa shape index (κ1) is 19.9. The Morgan fingerprint density at radius 2 is 1.90 bits per heavy atom. The highest BCUT2D eigenvalue weighted by Crippen LogP contribution is 2.34. The third kappa shape index (κ3) is 4.78. The number of pyridine rings is 1. The molecule has 4 nitrogen and oxygen atoms in total. The van der Waals surface area contributed by atoms with E-state index in [1.165, 1.54) is 23.1 Å². The van der Waals surface area contributed by atoms with Gasteiger partial charge < -0.3 is 0 Å². The Morgan fingerprint density at radius 1 is 1.14 bits per heavy atom. The first-order valence-corrected chi connectivity index (χ1v) is 11.2. The highest BCUT2D eigenvalue weighted by Gasteiger charge is 2.21. The Morgan fingerprint density at radius 3 is 2.66 bits per heavy atom. The van der Waals surface area contributed by atoms with E-state index in [9.17, 15) is 4.79 Å². The van der Waals surface area contributed by atoms with Crippen molar-refractivity contribution in [3.05, 3.63) is 83.1 Å². The van der Waals surface area contributed by atoms with E-state index in [0.29, 0.717) is 22.5 Å². The number of carbonyl (C=O) groups is 1. The zero-order valence-corrected chi connectivity index (χ0v) is 18.1. The molecular weight excluding hydrogens is 422 g/mol. The van der Waals surface area contributed by atoms with Gasteiger partial charge in [0.2, 0.25) is 5.91 Å². The Hall–Kier alpha value is -2.41. The number of carbonyl (C=O) groups excluding carboxylic acids is 1. The lowest BCUT2D eigenvalue weighted by atomic mass is 10.2. The zero-order valence-electron chi connectivity index (χ0n) is 15.7. The molecule has 2 aromatic carbocycles. The van der Waals surface area contributed by atoms with Crippen molar-refractivity contribution >= 4 is 56.0 Å². The molecule has 0 N–H and O–H groups in total. The molecule has 0 aliphatic rings. The summed E-state index contributed by atoms with van der Waals surface area (Å²) in [5.74, 6) is 0.351. The molecule has 0 aliphatic heterocycles. The van der Waals surface area contributed by atoms with Gasteiger partial charge >= 0.3 is 0 Å². The number of benzene rings is 2. The molecule has 1 amide bonds. The maximum atomic E-state index is 13.2. The lowest BCUT2D eigenvalue weighted by Crippen LogP contribution is -2.31. The van der Waals surface area contributed by atoms with Gasteiger partial charge in [-0.25, -0.2) is 4.98 Å². The van der Waals surface area contributed by atoms with E-state index in [1.54, 1.807) is 17.3 Å². The molecule has 4 aromatic rings. The summed E-state index contributed by atoms with van der Waals surface area (Å²) < 4.78 is 0.980. The van der Waals surface area contributed by atoms with E-state index in [2.05, 4.69) is 4.98 Å². The molecule has 7 heteroatoms. The molecule has 0 bridgehead atoms. The monoisotopic (exact) mass is 439 g/mol. The smallest absolute Gasteiger partial charge is 0.239 e. The molecule has 0 fully saturated rings. The van der Waals surface area contributed by atoms with E-state index in [4.69, 9.17) is 16.6 Å². The fraction of sp³-hybridized carbons (Fsp3) is 0.136. The van der Waals surface area contributed by atoms with Gasteiger partial charge in [0.05, 0.1) is 22.5 Å². The highest BCUT2D eigenvalue weighted by molar-refractivity contribution is 8.00. The first-order valence-electron chi connectivity index (χ1n) is 9.04. The van der Waals surface area contributed by atoms with Crippen molar-refractivity contribution in [2.75, 3.05) is 10.7 Å².